The fraction of sp³-hybridized carbons (Fsp3) is 0.312. The third-order valence-corrected chi connectivity index (χ3v) is 3.72. The Morgan fingerprint density at radius 1 is 1.11 bits per heavy atom. The van der Waals surface area contributed by atoms with Crippen molar-refractivity contribution in [1.29, 1.82) is 0 Å². The number of fused-ring (bicyclic) bond motifs is 1. The molecule has 2 heterocycles. The Labute approximate surface area is 108 Å². The summed E-state index contributed by atoms with van der Waals surface area (Å²) in [5, 5.41) is 0. The maximum absolute atomic E-state index is 12.5. The van der Waals surface area contributed by atoms with Crippen LogP contribution in [-0.2, 0) is 0 Å². The van der Waals surface area contributed by atoms with Crippen LogP contribution in [0.3, 0.4) is 0 Å². The molecule has 0 spiro atoms. The van der Waals surface area contributed by atoms with Crippen LogP contribution in [0.1, 0.15) is 34.9 Å². The Kier molecular flexibility index (Phi) is 2.89. The van der Waals surface area contributed by atoms with Crippen molar-refractivity contribution in [1.82, 2.24) is 4.40 Å². The standard InChI is InChI=1S/C16H19NO/c1-9(2)14-7-11(4)15-8-10(3)12(5)13(6)17(15)16(14)18/h7-8H,1H2,2-6H3. The average molecular weight is 241 g/mol. The van der Waals surface area contributed by atoms with E-state index in [0.717, 1.165) is 22.3 Å². The minimum Gasteiger partial charge on any atom is -0.281 e. The quantitative estimate of drug-likeness (QED) is 0.748. The summed E-state index contributed by atoms with van der Waals surface area (Å²) >= 11 is 0. The topological polar surface area (TPSA) is 21.5 Å². The molecule has 2 aromatic heterocycles. The first-order valence-corrected chi connectivity index (χ1v) is 6.13. The third-order valence-electron chi connectivity index (χ3n) is 3.72. The maximum Gasteiger partial charge on any atom is 0.262 e. The molecule has 0 radical (unpaired) electrons. The van der Waals surface area contributed by atoms with Crippen molar-refractivity contribution in [3.8, 4) is 0 Å². The van der Waals surface area contributed by atoms with Crippen molar-refractivity contribution in [3.05, 3.63) is 57.0 Å². The average Bonchev–Trinajstić information content (AvgIpc) is 2.30. The zero-order valence-electron chi connectivity index (χ0n) is 11.7. The van der Waals surface area contributed by atoms with Gasteiger partial charge in [-0.15, -0.1) is 0 Å². The van der Waals surface area contributed by atoms with Gasteiger partial charge in [-0.2, -0.15) is 0 Å². The molecule has 2 nitrogen and oxygen atoms in total. The smallest absolute Gasteiger partial charge is 0.262 e. The van der Waals surface area contributed by atoms with E-state index < -0.39 is 0 Å². The molecule has 0 aliphatic carbocycles. The van der Waals surface area contributed by atoms with E-state index in [1.807, 2.05) is 31.2 Å². The van der Waals surface area contributed by atoms with Gasteiger partial charge in [0.2, 0.25) is 0 Å². The molecule has 2 rings (SSSR count). The zero-order chi connectivity index (χ0) is 13.6. The molecular formula is C16H19NO. The molecular weight excluding hydrogens is 222 g/mol. The number of nitrogens with zero attached hydrogens (tertiary/aromatic N) is 1. The molecule has 0 unspecified atom stereocenters. The SMILES string of the molecule is C=C(C)c1cc(C)c2cc(C)c(C)c(C)n2c1=O. The lowest BCUT2D eigenvalue weighted by Gasteiger charge is -2.14. The second-order valence-electron chi connectivity index (χ2n) is 5.08. The van der Waals surface area contributed by atoms with E-state index in [1.165, 1.54) is 11.1 Å². The molecule has 0 aliphatic rings. The van der Waals surface area contributed by atoms with Crippen molar-refractivity contribution < 1.29 is 0 Å². The van der Waals surface area contributed by atoms with E-state index in [9.17, 15) is 4.79 Å². The summed E-state index contributed by atoms with van der Waals surface area (Å²) in [5.41, 5.74) is 7.06. The number of pyridine rings is 2. The monoisotopic (exact) mass is 241 g/mol. The van der Waals surface area contributed by atoms with Crippen LogP contribution in [0.25, 0.3) is 11.1 Å². The summed E-state index contributed by atoms with van der Waals surface area (Å²) in [6, 6.07) is 4.02. The lowest BCUT2D eigenvalue weighted by atomic mass is 10.0. The highest BCUT2D eigenvalue weighted by Gasteiger charge is 2.11. The summed E-state index contributed by atoms with van der Waals surface area (Å²) in [4.78, 5) is 12.5. The van der Waals surface area contributed by atoms with E-state index in [1.54, 1.807) is 0 Å². The molecule has 2 heteroatoms. The second-order valence-corrected chi connectivity index (χ2v) is 5.08. The molecule has 0 saturated heterocycles. The lowest BCUT2D eigenvalue weighted by Crippen LogP contribution is -2.21. The summed E-state index contributed by atoms with van der Waals surface area (Å²) in [6.45, 7) is 13.9. The minimum atomic E-state index is 0.0312. The summed E-state index contributed by atoms with van der Waals surface area (Å²) in [6.07, 6.45) is 0. The van der Waals surface area contributed by atoms with Gasteiger partial charge in [0, 0.05) is 11.3 Å². The predicted octanol–water partition coefficient (Wildman–Crippen LogP) is 3.57. The van der Waals surface area contributed by atoms with Crippen LogP contribution in [0.4, 0.5) is 0 Å². The number of allylic oxidation sites excluding steroid dienone is 1. The normalized spacial score (nSPS) is 10.9. The highest BCUT2D eigenvalue weighted by atomic mass is 16.1. The summed E-state index contributed by atoms with van der Waals surface area (Å²) in [7, 11) is 0. The molecule has 2 aromatic rings. The number of aryl methyl sites for hydroxylation is 3. The van der Waals surface area contributed by atoms with Crippen LogP contribution < -0.4 is 5.56 Å². The predicted molar refractivity (Wildman–Crippen MR) is 77.3 cm³/mol. The van der Waals surface area contributed by atoms with Gasteiger partial charge in [-0.25, -0.2) is 0 Å². The second kappa shape index (κ2) is 4.13. The first-order chi connectivity index (χ1) is 8.34. The lowest BCUT2D eigenvalue weighted by molar-refractivity contribution is 0.980. The van der Waals surface area contributed by atoms with Crippen molar-refractivity contribution in [2.75, 3.05) is 0 Å². The molecule has 0 fully saturated rings. The largest absolute Gasteiger partial charge is 0.281 e. The number of rotatable bonds is 1. The fourth-order valence-corrected chi connectivity index (χ4v) is 2.34. The van der Waals surface area contributed by atoms with Gasteiger partial charge in [0.1, 0.15) is 0 Å². The van der Waals surface area contributed by atoms with Crippen LogP contribution in [0.2, 0.25) is 0 Å². The molecule has 0 atom stereocenters. The summed E-state index contributed by atoms with van der Waals surface area (Å²) in [5.74, 6) is 0. The number of hydrogen-bond acceptors (Lipinski definition) is 1. The zero-order valence-corrected chi connectivity index (χ0v) is 11.7. The Hall–Kier alpha value is -1.83. The van der Waals surface area contributed by atoms with Gasteiger partial charge in [0.15, 0.2) is 0 Å². The van der Waals surface area contributed by atoms with E-state index in [-0.39, 0.29) is 5.56 Å². The molecule has 0 saturated carbocycles. The van der Waals surface area contributed by atoms with E-state index >= 15 is 0 Å². The van der Waals surface area contributed by atoms with Crippen LogP contribution in [0.15, 0.2) is 23.5 Å². The van der Waals surface area contributed by atoms with Crippen LogP contribution in [0, 0.1) is 27.7 Å². The van der Waals surface area contributed by atoms with Crippen molar-refractivity contribution in [2.24, 2.45) is 0 Å². The number of hydrogen-bond donors (Lipinski definition) is 0. The van der Waals surface area contributed by atoms with Crippen molar-refractivity contribution in [3.63, 3.8) is 0 Å². The summed E-state index contributed by atoms with van der Waals surface area (Å²) < 4.78 is 1.81. The van der Waals surface area contributed by atoms with E-state index in [4.69, 9.17) is 0 Å². The molecule has 94 valence electrons. The number of aromatic nitrogens is 1. The van der Waals surface area contributed by atoms with Gasteiger partial charge in [0.05, 0.1) is 5.52 Å². The van der Waals surface area contributed by atoms with Crippen molar-refractivity contribution >= 4 is 11.1 Å². The first kappa shape index (κ1) is 12.6. The van der Waals surface area contributed by atoms with Crippen LogP contribution in [-0.4, -0.2) is 4.40 Å². The van der Waals surface area contributed by atoms with E-state index in [0.29, 0.717) is 5.56 Å². The van der Waals surface area contributed by atoms with Gasteiger partial charge in [0.25, 0.3) is 5.56 Å². The Morgan fingerprint density at radius 2 is 1.72 bits per heavy atom. The van der Waals surface area contributed by atoms with Crippen molar-refractivity contribution in [2.45, 2.75) is 34.6 Å². The van der Waals surface area contributed by atoms with E-state index in [2.05, 4.69) is 26.5 Å². The third kappa shape index (κ3) is 1.69. The van der Waals surface area contributed by atoms with Gasteiger partial charge in [-0.3, -0.25) is 9.20 Å². The maximum atomic E-state index is 12.5. The van der Waals surface area contributed by atoms with Gasteiger partial charge >= 0.3 is 0 Å². The highest BCUT2D eigenvalue weighted by Crippen LogP contribution is 2.20. The fourth-order valence-electron chi connectivity index (χ4n) is 2.34. The Bertz CT molecular complexity index is 720. The molecule has 0 aromatic carbocycles. The van der Waals surface area contributed by atoms with Crippen LogP contribution in [0.5, 0.6) is 0 Å². The minimum absolute atomic E-state index is 0.0312. The van der Waals surface area contributed by atoms with Gasteiger partial charge < -0.3 is 0 Å². The molecule has 0 N–H and O–H groups in total. The van der Waals surface area contributed by atoms with Gasteiger partial charge in [-0.1, -0.05) is 6.58 Å². The molecule has 18 heavy (non-hydrogen) atoms. The molecule has 0 aliphatic heterocycles. The first-order valence-electron chi connectivity index (χ1n) is 6.13. The Morgan fingerprint density at radius 3 is 2.28 bits per heavy atom. The molecule has 0 bridgehead atoms. The van der Waals surface area contributed by atoms with Gasteiger partial charge in [-0.05, 0) is 69.0 Å². The molecule has 0 amide bonds. The highest BCUT2D eigenvalue weighted by molar-refractivity contribution is 5.67. The van der Waals surface area contributed by atoms with Crippen LogP contribution >= 0.6 is 0 Å². The Balaban J connectivity index is 3.10.